The Bertz CT molecular complexity index is 1400. The topological polar surface area (TPSA) is 51.1 Å². The molecule has 11 heteroatoms. The molecule has 186 valence electrons. The Kier molecular flexibility index (Phi) is 7.11. The maximum Gasteiger partial charge on any atom is 0.280 e. The fourth-order valence-corrected chi connectivity index (χ4v) is 3.68. The molecule has 0 atom stereocenters. The number of benzene rings is 3. The Labute approximate surface area is 210 Å². The van der Waals surface area contributed by atoms with Crippen molar-refractivity contribution in [1.82, 2.24) is 0 Å². The summed E-state index contributed by atoms with van der Waals surface area (Å²) in [7, 11) is 1.43. The van der Waals surface area contributed by atoms with Gasteiger partial charge in [-0.2, -0.15) is 10.1 Å². The first kappa shape index (κ1) is 25.4. The maximum atomic E-state index is 14.2. The summed E-state index contributed by atoms with van der Waals surface area (Å²) in [4.78, 5) is 12.8. The van der Waals surface area contributed by atoms with Gasteiger partial charge in [0, 0.05) is 4.47 Å². The van der Waals surface area contributed by atoms with Gasteiger partial charge in [-0.15, -0.1) is 0 Å². The second kappa shape index (κ2) is 10.1. The van der Waals surface area contributed by atoms with Gasteiger partial charge in [0.25, 0.3) is 5.91 Å². The lowest BCUT2D eigenvalue weighted by atomic mass is 10.1. The van der Waals surface area contributed by atoms with Crippen molar-refractivity contribution in [3.8, 4) is 11.5 Å². The number of rotatable bonds is 6. The van der Waals surface area contributed by atoms with Crippen LogP contribution in [0.15, 0.2) is 57.6 Å². The number of anilines is 1. The van der Waals surface area contributed by atoms with E-state index >= 15 is 0 Å². The molecule has 0 radical (unpaired) electrons. The van der Waals surface area contributed by atoms with Crippen molar-refractivity contribution in [1.29, 1.82) is 0 Å². The lowest BCUT2D eigenvalue weighted by molar-refractivity contribution is -0.114. The molecule has 0 saturated carbocycles. The second-order valence-electron chi connectivity index (χ2n) is 7.60. The summed E-state index contributed by atoms with van der Waals surface area (Å²) >= 11 is 3.36. The number of hydrazone groups is 1. The fraction of sp³-hybridized carbons (Fsp3) is 0.120. The molecule has 0 N–H and O–H groups in total. The van der Waals surface area contributed by atoms with Crippen molar-refractivity contribution >= 4 is 39.3 Å². The van der Waals surface area contributed by atoms with Crippen molar-refractivity contribution in [2.75, 3.05) is 12.1 Å². The van der Waals surface area contributed by atoms with Crippen LogP contribution in [-0.2, 0) is 11.4 Å². The molecule has 0 spiro atoms. The van der Waals surface area contributed by atoms with Crippen molar-refractivity contribution in [2.45, 2.75) is 13.5 Å². The highest BCUT2D eigenvalue weighted by Gasteiger charge is 2.37. The van der Waals surface area contributed by atoms with Crippen molar-refractivity contribution in [3.05, 3.63) is 92.7 Å². The molecule has 0 saturated heterocycles. The lowest BCUT2D eigenvalue weighted by Gasteiger charge is -2.15. The Morgan fingerprint density at radius 1 is 0.917 bits per heavy atom. The van der Waals surface area contributed by atoms with E-state index in [0.717, 1.165) is 10.0 Å². The van der Waals surface area contributed by atoms with E-state index < -0.39 is 40.7 Å². The molecule has 0 aromatic heterocycles. The van der Waals surface area contributed by atoms with E-state index in [2.05, 4.69) is 21.0 Å². The van der Waals surface area contributed by atoms with Crippen LogP contribution in [-0.4, -0.2) is 18.7 Å². The monoisotopic (exact) mass is 566 g/mol. The van der Waals surface area contributed by atoms with Crippen molar-refractivity contribution < 1.29 is 36.2 Å². The van der Waals surface area contributed by atoms with E-state index in [9.17, 15) is 26.7 Å². The molecule has 5 nitrogen and oxygen atoms in total. The quantitative estimate of drug-likeness (QED) is 0.147. The number of nitrogens with zero attached hydrogens (tertiary/aromatic N) is 2. The van der Waals surface area contributed by atoms with Gasteiger partial charge in [-0.25, -0.2) is 22.0 Å². The first-order chi connectivity index (χ1) is 17.1. The van der Waals surface area contributed by atoms with Crippen LogP contribution >= 0.6 is 15.9 Å². The molecule has 36 heavy (non-hydrogen) atoms. The minimum absolute atomic E-state index is 0.0125. The second-order valence-corrected chi connectivity index (χ2v) is 8.52. The lowest BCUT2D eigenvalue weighted by Crippen LogP contribution is -2.25. The van der Waals surface area contributed by atoms with Crippen molar-refractivity contribution in [3.63, 3.8) is 0 Å². The molecule has 3 aromatic rings. The van der Waals surface area contributed by atoms with Gasteiger partial charge in [-0.3, -0.25) is 4.79 Å². The first-order valence-electron chi connectivity index (χ1n) is 10.3. The predicted octanol–water partition coefficient (Wildman–Crippen LogP) is 6.54. The Hall–Kier alpha value is -3.73. The van der Waals surface area contributed by atoms with Crippen LogP contribution in [0.5, 0.6) is 11.5 Å². The number of hydrogen-bond donors (Lipinski definition) is 0. The van der Waals surface area contributed by atoms with Gasteiger partial charge >= 0.3 is 0 Å². The Morgan fingerprint density at radius 2 is 1.53 bits per heavy atom. The number of carbonyl (C=O) groups is 1. The molecule has 0 bridgehead atoms. The molecule has 0 aliphatic carbocycles. The molecule has 1 heterocycles. The molecular weight excluding hydrogens is 551 g/mol. The van der Waals surface area contributed by atoms with Crippen LogP contribution in [0.3, 0.4) is 0 Å². The van der Waals surface area contributed by atoms with Crippen LogP contribution in [0.2, 0.25) is 0 Å². The van der Waals surface area contributed by atoms with Gasteiger partial charge in [-0.05, 0) is 48.4 Å². The van der Waals surface area contributed by atoms with Gasteiger partial charge in [-0.1, -0.05) is 34.1 Å². The minimum Gasteiger partial charge on any atom is -0.493 e. The molecule has 1 aliphatic rings. The highest BCUT2D eigenvalue weighted by molar-refractivity contribution is 9.10. The molecule has 0 unspecified atom stereocenters. The summed E-state index contributed by atoms with van der Waals surface area (Å²) in [5.74, 6) is -11.3. The molecule has 0 fully saturated rings. The average Bonchev–Trinajstić information content (AvgIpc) is 3.14. The summed E-state index contributed by atoms with van der Waals surface area (Å²) in [5, 5.41) is 3.87. The normalized spacial score (nSPS) is 14.4. The minimum atomic E-state index is -2.33. The summed E-state index contributed by atoms with van der Waals surface area (Å²) in [5.41, 5.74) is -0.181. The summed E-state index contributed by atoms with van der Waals surface area (Å²) in [6, 6.07) is 12.3. The van der Waals surface area contributed by atoms with Crippen molar-refractivity contribution in [2.24, 2.45) is 5.10 Å². The Balaban J connectivity index is 1.61. The van der Waals surface area contributed by atoms with Gasteiger partial charge in [0.2, 0.25) is 5.82 Å². The van der Waals surface area contributed by atoms with Gasteiger partial charge in [0.15, 0.2) is 34.8 Å². The van der Waals surface area contributed by atoms with Gasteiger partial charge in [0.1, 0.15) is 12.3 Å². The van der Waals surface area contributed by atoms with Crippen LogP contribution in [0.1, 0.15) is 18.1 Å². The summed E-state index contributed by atoms with van der Waals surface area (Å²) in [6.07, 6.45) is 1.36. The summed E-state index contributed by atoms with van der Waals surface area (Å²) < 4.78 is 81.2. The number of ether oxygens (including phenoxy) is 2. The van der Waals surface area contributed by atoms with E-state index in [1.54, 1.807) is 18.2 Å². The van der Waals surface area contributed by atoms with Crippen LogP contribution in [0.4, 0.5) is 27.6 Å². The molecular formula is C25H16BrF5N2O3. The van der Waals surface area contributed by atoms with E-state index in [4.69, 9.17) is 9.47 Å². The summed E-state index contributed by atoms with van der Waals surface area (Å²) in [6.45, 7) is 1.63. The van der Waals surface area contributed by atoms with E-state index in [1.165, 1.54) is 20.1 Å². The standard InChI is InChI=1S/C25H16BrF5N2O3/c1-12-16(25(34)33(32-12)24-22(30)20(28)19(27)21(29)23(24)31)9-14-5-8-17(18(10-14)35-2)36-11-13-3-6-15(26)7-4-13/h3-10H,11H2,1-2H3/b16-9+. The predicted molar refractivity (Wildman–Crippen MR) is 126 cm³/mol. The number of halogens is 6. The van der Waals surface area contributed by atoms with E-state index in [0.29, 0.717) is 17.1 Å². The molecule has 3 aromatic carbocycles. The zero-order valence-corrected chi connectivity index (χ0v) is 20.3. The first-order valence-corrected chi connectivity index (χ1v) is 11.1. The Morgan fingerprint density at radius 3 is 2.14 bits per heavy atom. The fourth-order valence-electron chi connectivity index (χ4n) is 3.42. The van der Waals surface area contributed by atoms with Crippen LogP contribution < -0.4 is 14.5 Å². The molecule has 1 amide bonds. The average molecular weight is 567 g/mol. The number of carbonyl (C=O) groups excluding carboxylic acids is 1. The smallest absolute Gasteiger partial charge is 0.280 e. The highest BCUT2D eigenvalue weighted by Crippen LogP contribution is 2.35. The van der Waals surface area contributed by atoms with Gasteiger partial charge in [0.05, 0.1) is 18.4 Å². The third kappa shape index (κ3) is 4.70. The molecule has 4 rings (SSSR count). The number of hydrogen-bond acceptors (Lipinski definition) is 4. The SMILES string of the molecule is COc1cc(/C=C2/C(=O)N(c3c(F)c(F)c(F)c(F)c3F)N=C2C)ccc1OCc1ccc(Br)cc1. The van der Waals surface area contributed by atoms with Crippen LogP contribution in [0, 0.1) is 29.1 Å². The van der Waals surface area contributed by atoms with E-state index in [-0.39, 0.29) is 22.9 Å². The zero-order valence-electron chi connectivity index (χ0n) is 18.7. The van der Waals surface area contributed by atoms with Gasteiger partial charge < -0.3 is 9.47 Å². The largest absolute Gasteiger partial charge is 0.493 e. The number of amides is 1. The van der Waals surface area contributed by atoms with Crippen LogP contribution in [0.25, 0.3) is 6.08 Å². The maximum absolute atomic E-state index is 14.2. The molecule has 1 aliphatic heterocycles. The van der Waals surface area contributed by atoms with E-state index in [1.807, 2.05) is 24.3 Å². The number of methoxy groups -OCH3 is 1. The zero-order chi connectivity index (χ0) is 26.1. The third-order valence-electron chi connectivity index (χ3n) is 5.27. The highest BCUT2D eigenvalue weighted by atomic mass is 79.9. The third-order valence-corrected chi connectivity index (χ3v) is 5.80.